The van der Waals surface area contributed by atoms with Crippen molar-refractivity contribution in [3.8, 4) is 0 Å². The molecule has 0 aromatic carbocycles. The molecule has 0 radical (unpaired) electrons. The second-order valence-electron chi connectivity index (χ2n) is 2.72. The molecule has 78 valence electrons. The van der Waals surface area contributed by atoms with E-state index in [9.17, 15) is 9.59 Å². The zero-order chi connectivity index (χ0) is 10.8. The minimum Gasteiger partial charge on any atom is -0.462 e. The van der Waals surface area contributed by atoms with Crippen LogP contribution in [0.4, 0.5) is 0 Å². The lowest BCUT2D eigenvalue weighted by Crippen LogP contribution is -2.18. The summed E-state index contributed by atoms with van der Waals surface area (Å²) in [5.74, 6) is -0.536. The van der Waals surface area contributed by atoms with Crippen LogP contribution in [0.2, 0.25) is 0 Å². The number of nitrogens with zero attached hydrogens (tertiary/aromatic N) is 3. The molecule has 2 rings (SSSR count). The van der Waals surface area contributed by atoms with E-state index >= 15 is 0 Å². The molecule has 0 aliphatic heterocycles. The van der Waals surface area contributed by atoms with Gasteiger partial charge in [-0.25, -0.2) is 14.6 Å². The number of fused-ring (bicyclic) bond motifs is 1. The predicted molar refractivity (Wildman–Crippen MR) is 49.6 cm³/mol. The summed E-state index contributed by atoms with van der Waals surface area (Å²) in [5.41, 5.74) is -0.0734. The number of aromatic nitrogens is 4. The molecule has 0 amide bonds. The van der Waals surface area contributed by atoms with E-state index in [0.29, 0.717) is 0 Å². The van der Waals surface area contributed by atoms with E-state index in [1.54, 1.807) is 6.92 Å². The first-order chi connectivity index (χ1) is 7.24. The normalized spacial score (nSPS) is 10.5. The largest absolute Gasteiger partial charge is 0.462 e. The highest BCUT2D eigenvalue weighted by atomic mass is 16.5. The lowest BCUT2D eigenvalue weighted by Gasteiger charge is -1.97. The number of aromatic amines is 1. The van der Waals surface area contributed by atoms with Crippen molar-refractivity contribution in [3.05, 3.63) is 28.6 Å². The maximum absolute atomic E-state index is 11.4. The van der Waals surface area contributed by atoms with Gasteiger partial charge in [0.05, 0.1) is 19.1 Å². The summed E-state index contributed by atoms with van der Waals surface area (Å²) in [6.07, 6.45) is 2.47. The van der Waals surface area contributed by atoms with Gasteiger partial charge in [0.2, 0.25) is 0 Å². The molecule has 0 bridgehead atoms. The van der Waals surface area contributed by atoms with Gasteiger partial charge in [-0.05, 0) is 6.92 Å². The number of nitrogens with one attached hydrogen (secondary N) is 1. The van der Waals surface area contributed by atoms with Gasteiger partial charge in [0.15, 0.2) is 5.65 Å². The third-order valence-electron chi connectivity index (χ3n) is 1.81. The third kappa shape index (κ3) is 1.47. The van der Waals surface area contributed by atoms with Gasteiger partial charge in [-0.15, -0.1) is 0 Å². The maximum atomic E-state index is 11.4. The molecule has 0 aliphatic carbocycles. The summed E-state index contributed by atoms with van der Waals surface area (Å²) in [4.78, 5) is 28.8. The van der Waals surface area contributed by atoms with Crippen molar-refractivity contribution < 1.29 is 9.53 Å². The second kappa shape index (κ2) is 3.52. The van der Waals surface area contributed by atoms with Crippen LogP contribution in [0.15, 0.2) is 17.3 Å². The van der Waals surface area contributed by atoms with Gasteiger partial charge >= 0.3 is 11.7 Å². The maximum Gasteiger partial charge on any atom is 0.349 e. The van der Waals surface area contributed by atoms with Crippen LogP contribution < -0.4 is 5.69 Å². The molecule has 0 unspecified atom stereocenters. The summed E-state index contributed by atoms with van der Waals surface area (Å²) < 4.78 is 5.80. The fourth-order valence-electron chi connectivity index (χ4n) is 1.18. The number of ether oxygens (including phenoxy) is 1. The zero-order valence-corrected chi connectivity index (χ0v) is 7.93. The fourth-order valence-corrected chi connectivity index (χ4v) is 1.18. The Morgan fingerprint density at radius 2 is 2.47 bits per heavy atom. The lowest BCUT2D eigenvalue weighted by molar-refractivity contribution is 0.0528. The molecular weight excluding hydrogens is 200 g/mol. The van der Waals surface area contributed by atoms with Crippen molar-refractivity contribution >= 4 is 11.6 Å². The highest BCUT2D eigenvalue weighted by Gasteiger charge is 2.15. The zero-order valence-electron chi connectivity index (χ0n) is 7.93. The summed E-state index contributed by atoms with van der Waals surface area (Å²) in [6, 6.07) is 0. The molecule has 7 nitrogen and oxygen atoms in total. The van der Waals surface area contributed by atoms with Crippen LogP contribution in [0.3, 0.4) is 0 Å². The summed E-state index contributed by atoms with van der Waals surface area (Å²) in [7, 11) is 0. The number of H-pyrrole nitrogens is 1. The Morgan fingerprint density at radius 3 is 3.20 bits per heavy atom. The number of carbonyl (C=O) groups excluding carboxylic acids is 1. The van der Waals surface area contributed by atoms with Crippen LogP contribution in [0.25, 0.3) is 5.65 Å². The first-order valence-corrected chi connectivity index (χ1v) is 4.32. The van der Waals surface area contributed by atoms with Gasteiger partial charge < -0.3 is 4.74 Å². The Labute approximate surface area is 83.7 Å². The average Bonchev–Trinajstić information content (AvgIpc) is 2.63. The van der Waals surface area contributed by atoms with Crippen molar-refractivity contribution in [1.82, 2.24) is 19.6 Å². The molecule has 0 saturated heterocycles. The van der Waals surface area contributed by atoms with E-state index in [4.69, 9.17) is 4.74 Å². The lowest BCUT2D eigenvalue weighted by atomic mass is 10.3. The number of carbonyl (C=O) groups is 1. The molecule has 2 aromatic heterocycles. The Morgan fingerprint density at radius 1 is 1.67 bits per heavy atom. The highest BCUT2D eigenvalue weighted by molar-refractivity contribution is 5.95. The minimum atomic E-state index is -0.536. The summed E-state index contributed by atoms with van der Waals surface area (Å²) >= 11 is 0. The van der Waals surface area contributed by atoms with Crippen molar-refractivity contribution in [1.29, 1.82) is 0 Å². The molecule has 0 saturated carbocycles. The molecule has 1 N–H and O–H groups in total. The predicted octanol–water partition coefficient (Wildman–Crippen LogP) is -0.406. The highest BCUT2D eigenvalue weighted by Crippen LogP contribution is 2.05. The van der Waals surface area contributed by atoms with Gasteiger partial charge in [0, 0.05) is 0 Å². The SMILES string of the molecule is CCOC(=O)c1cnn2c(=O)[nH]cnc12. The van der Waals surface area contributed by atoms with Crippen LogP contribution in [-0.4, -0.2) is 32.2 Å². The van der Waals surface area contributed by atoms with Crippen LogP contribution in [0, 0.1) is 0 Å². The molecule has 0 fully saturated rings. The monoisotopic (exact) mass is 208 g/mol. The molecular formula is C8H8N4O3. The van der Waals surface area contributed by atoms with E-state index in [0.717, 1.165) is 4.52 Å². The van der Waals surface area contributed by atoms with Crippen LogP contribution in [0.1, 0.15) is 17.3 Å². The Bertz CT molecular complexity index is 556. The number of esters is 1. The van der Waals surface area contributed by atoms with Gasteiger partial charge in [-0.2, -0.15) is 9.61 Å². The molecule has 0 spiro atoms. The van der Waals surface area contributed by atoms with Crippen LogP contribution >= 0.6 is 0 Å². The van der Waals surface area contributed by atoms with E-state index in [1.165, 1.54) is 12.5 Å². The van der Waals surface area contributed by atoms with Crippen molar-refractivity contribution in [2.24, 2.45) is 0 Å². The van der Waals surface area contributed by atoms with Gasteiger partial charge in [0.1, 0.15) is 5.56 Å². The quantitative estimate of drug-likeness (QED) is 0.678. The fraction of sp³-hybridized carbons (Fsp3) is 0.250. The van der Waals surface area contributed by atoms with E-state index in [1.807, 2.05) is 0 Å². The van der Waals surface area contributed by atoms with Crippen LogP contribution in [-0.2, 0) is 4.74 Å². The second-order valence-corrected chi connectivity index (χ2v) is 2.72. The van der Waals surface area contributed by atoms with E-state index < -0.39 is 11.7 Å². The molecule has 2 heterocycles. The third-order valence-corrected chi connectivity index (χ3v) is 1.81. The smallest absolute Gasteiger partial charge is 0.349 e. The van der Waals surface area contributed by atoms with Gasteiger partial charge in [-0.3, -0.25) is 4.98 Å². The first-order valence-electron chi connectivity index (χ1n) is 4.32. The van der Waals surface area contributed by atoms with E-state index in [-0.39, 0.29) is 17.8 Å². The van der Waals surface area contributed by atoms with Crippen molar-refractivity contribution in [2.75, 3.05) is 6.61 Å². The van der Waals surface area contributed by atoms with Crippen molar-refractivity contribution in [2.45, 2.75) is 6.92 Å². The average molecular weight is 208 g/mol. The Balaban J connectivity index is 2.59. The van der Waals surface area contributed by atoms with Gasteiger partial charge in [0.25, 0.3) is 0 Å². The minimum absolute atomic E-state index is 0.183. The summed E-state index contributed by atoms with van der Waals surface area (Å²) in [6.45, 7) is 1.96. The van der Waals surface area contributed by atoms with Crippen molar-refractivity contribution in [3.63, 3.8) is 0 Å². The molecule has 2 aromatic rings. The molecule has 7 heteroatoms. The number of hydrogen-bond donors (Lipinski definition) is 1. The van der Waals surface area contributed by atoms with E-state index in [2.05, 4.69) is 15.1 Å². The van der Waals surface area contributed by atoms with Gasteiger partial charge in [-0.1, -0.05) is 0 Å². The topological polar surface area (TPSA) is 89.3 Å². The Hall–Kier alpha value is -2.18. The number of hydrogen-bond acceptors (Lipinski definition) is 5. The first kappa shape index (κ1) is 9.38. The Kier molecular flexibility index (Phi) is 2.20. The molecule has 15 heavy (non-hydrogen) atoms. The summed E-state index contributed by atoms with van der Waals surface area (Å²) in [5, 5.41) is 3.73. The standard InChI is InChI=1S/C8H8N4O3/c1-2-15-7(13)5-3-11-12-6(5)9-4-10-8(12)14/h3-4H,2H2,1H3,(H,9,10,14). The molecule has 0 atom stereocenters. The number of rotatable bonds is 2. The van der Waals surface area contributed by atoms with Crippen LogP contribution in [0.5, 0.6) is 0 Å². The molecule has 0 aliphatic rings.